The van der Waals surface area contributed by atoms with Crippen molar-refractivity contribution in [2.75, 3.05) is 7.05 Å². The second-order valence-corrected chi connectivity index (χ2v) is 5.84. The van der Waals surface area contributed by atoms with E-state index in [1.165, 1.54) is 0 Å². The highest BCUT2D eigenvalue weighted by Crippen LogP contribution is 2.29. The van der Waals surface area contributed by atoms with Gasteiger partial charge in [0.2, 0.25) is 5.91 Å². The smallest absolute Gasteiger partial charge is 0.227 e. The molecule has 0 aliphatic heterocycles. The van der Waals surface area contributed by atoms with Crippen LogP contribution >= 0.6 is 0 Å². The van der Waals surface area contributed by atoms with E-state index in [9.17, 15) is 4.79 Å². The van der Waals surface area contributed by atoms with E-state index in [1.807, 2.05) is 24.9 Å². The zero-order valence-corrected chi connectivity index (χ0v) is 12.0. The van der Waals surface area contributed by atoms with Crippen LogP contribution in [-0.2, 0) is 18.4 Å². The topological polar surface area (TPSA) is 64.2 Å². The number of nitrogens with two attached hydrogens (primary N) is 1. The van der Waals surface area contributed by atoms with Gasteiger partial charge in [-0.3, -0.25) is 4.79 Å². The molecule has 5 heteroatoms. The first kappa shape index (κ1) is 14.1. The SMILES string of the molecule is CC1CCC(N)C(C(=O)N(C)Cc2nccn2C)C1. The molecular formula is C14H24N4O. The predicted molar refractivity (Wildman–Crippen MR) is 74.2 cm³/mol. The Kier molecular flexibility index (Phi) is 4.24. The van der Waals surface area contributed by atoms with E-state index in [0.717, 1.165) is 25.1 Å². The summed E-state index contributed by atoms with van der Waals surface area (Å²) in [4.78, 5) is 18.5. The minimum absolute atomic E-state index is 0.00696. The Morgan fingerprint density at radius 3 is 2.95 bits per heavy atom. The third kappa shape index (κ3) is 3.15. The van der Waals surface area contributed by atoms with Gasteiger partial charge in [0.1, 0.15) is 5.82 Å². The lowest BCUT2D eigenvalue weighted by atomic mass is 9.78. The van der Waals surface area contributed by atoms with Crippen molar-refractivity contribution in [2.24, 2.45) is 24.6 Å². The number of carbonyl (C=O) groups is 1. The van der Waals surface area contributed by atoms with Gasteiger partial charge in [-0.05, 0) is 25.2 Å². The maximum absolute atomic E-state index is 12.5. The van der Waals surface area contributed by atoms with E-state index >= 15 is 0 Å². The zero-order chi connectivity index (χ0) is 14.0. The van der Waals surface area contributed by atoms with E-state index in [-0.39, 0.29) is 17.9 Å². The number of imidazole rings is 1. The monoisotopic (exact) mass is 264 g/mol. The molecule has 1 fully saturated rings. The van der Waals surface area contributed by atoms with Crippen LogP contribution < -0.4 is 5.73 Å². The molecular weight excluding hydrogens is 240 g/mol. The van der Waals surface area contributed by atoms with Crippen LogP contribution in [0.4, 0.5) is 0 Å². The molecule has 1 saturated carbocycles. The van der Waals surface area contributed by atoms with Gasteiger partial charge >= 0.3 is 0 Å². The highest BCUT2D eigenvalue weighted by atomic mass is 16.2. The second kappa shape index (κ2) is 5.74. The number of aromatic nitrogens is 2. The summed E-state index contributed by atoms with van der Waals surface area (Å²) in [6, 6.07) is 0.00696. The molecule has 1 aliphatic carbocycles. The van der Waals surface area contributed by atoms with Gasteiger partial charge in [-0.15, -0.1) is 0 Å². The van der Waals surface area contributed by atoms with E-state index in [2.05, 4.69) is 11.9 Å². The van der Waals surface area contributed by atoms with E-state index in [1.54, 1.807) is 11.1 Å². The van der Waals surface area contributed by atoms with Gasteiger partial charge in [0.15, 0.2) is 0 Å². The van der Waals surface area contributed by atoms with Gasteiger partial charge in [0, 0.05) is 32.5 Å². The van der Waals surface area contributed by atoms with Crippen LogP contribution in [-0.4, -0.2) is 33.4 Å². The van der Waals surface area contributed by atoms with Gasteiger partial charge in [0.05, 0.1) is 12.5 Å². The quantitative estimate of drug-likeness (QED) is 0.890. The number of carbonyl (C=O) groups excluding carboxylic acids is 1. The van der Waals surface area contributed by atoms with Gasteiger partial charge < -0.3 is 15.2 Å². The molecule has 5 nitrogen and oxygen atoms in total. The lowest BCUT2D eigenvalue weighted by Gasteiger charge is -2.34. The van der Waals surface area contributed by atoms with Crippen molar-refractivity contribution in [2.45, 2.75) is 38.8 Å². The summed E-state index contributed by atoms with van der Waals surface area (Å²) in [5.74, 6) is 1.61. The van der Waals surface area contributed by atoms with Gasteiger partial charge in [-0.1, -0.05) is 6.92 Å². The molecule has 1 amide bonds. The van der Waals surface area contributed by atoms with Crippen LogP contribution in [0.3, 0.4) is 0 Å². The van der Waals surface area contributed by atoms with Crippen molar-refractivity contribution in [3.63, 3.8) is 0 Å². The Labute approximate surface area is 114 Å². The molecule has 1 aromatic rings. The fraction of sp³-hybridized carbons (Fsp3) is 0.714. The minimum Gasteiger partial charge on any atom is -0.338 e. The van der Waals surface area contributed by atoms with Crippen LogP contribution in [0.1, 0.15) is 32.0 Å². The maximum atomic E-state index is 12.5. The molecule has 3 unspecified atom stereocenters. The van der Waals surface area contributed by atoms with Gasteiger partial charge in [0.25, 0.3) is 0 Å². The van der Waals surface area contributed by atoms with Gasteiger partial charge in [-0.25, -0.2) is 4.98 Å². The van der Waals surface area contributed by atoms with Crippen LogP contribution in [0.2, 0.25) is 0 Å². The molecule has 0 bridgehead atoms. The van der Waals surface area contributed by atoms with Crippen LogP contribution in [0.15, 0.2) is 12.4 Å². The lowest BCUT2D eigenvalue weighted by molar-refractivity contribution is -0.137. The molecule has 1 heterocycles. The van der Waals surface area contributed by atoms with Crippen LogP contribution in [0.25, 0.3) is 0 Å². The van der Waals surface area contributed by atoms with E-state index < -0.39 is 0 Å². The summed E-state index contributed by atoms with van der Waals surface area (Å²) in [6.45, 7) is 2.74. The number of hydrogen-bond donors (Lipinski definition) is 1. The first-order valence-electron chi connectivity index (χ1n) is 6.95. The summed E-state index contributed by atoms with van der Waals surface area (Å²) in [5, 5.41) is 0. The summed E-state index contributed by atoms with van der Waals surface area (Å²) in [7, 11) is 3.78. The standard InChI is InChI=1S/C14H24N4O/c1-10-4-5-12(15)11(8-10)14(19)18(3)9-13-16-6-7-17(13)2/h6-7,10-12H,4-5,8-9,15H2,1-3H3. The highest BCUT2D eigenvalue weighted by molar-refractivity contribution is 5.79. The molecule has 1 aliphatic rings. The molecule has 0 spiro atoms. The second-order valence-electron chi connectivity index (χ2n) is 5.84. The van der Waals surface area contributed by atoms with Crippen molar-refractivity contribution in [3.8, 4) is 0 Å². The lowest BCUT2D eigenvalue weighted by Crippen LogP contribution is -2.45. The summed E-state index contributed by atoms with van der Waals surface area (Å²) in [6.07, 6.45) is 6.64. The normalized spacial score (nSPS) is 27.3. The Morgan fingerprint density at radius 2 is 2.32 bits per heavy atom. The first-order valence-corrected chi connectivity index (χ1v) is 6.95. The van der Waals surface area contributed by atoms with Crippen molar-refractivity contribution in [1.29, 1.82) is 0 Å². The molecule has 3 atom stereocenters. The Hall–Kier alpha value is -1.36. The van der Waals surface area contributed by atoms with Crippen molar-refractivity contribution in [1.82, 2.24) is 14.5 Å². The molecule has 2 rings (SSSR count). The number of rotatable bonds is 3. The van der Waals surface area contributed by atoms with E-state index in [4.69, 9.17) is 5.73 Å². The third-order valence-electron chi connectivity index (χ3n) is 4.16. The number of aryl methyl sites for hydroxylation is 1. The molecule has 2 N–H and O–H groups in total. The first-order chi connectivity index (χ1) is 8.99. The molecule has 106 valence electrons. The number of amides is 1. The predicted octanol–water partition coefficient (Wildman–Crippen LogP) is 1.14. The molecule has 0 aromatic carbocycles. The fourth-order valence-electron chi connectivity index (χ4n) is 2.81. The summed E-state index contributed by atoms with van der Waals surface area (Å²) >= 11 is 0. The molecule has 0 saturated heterocycles. The van der Waals surface area contributed by atoms with Crippen molar-refractivity contribution < 1.29 is 4.79 Å². The Bertz CT molecular complexity index is 442. The zero-order valence-electron chi connectivity index (χ0n) is 12.0. The Morgan fingerprint density at radius 1 is 1.58 bits per heavy atom. The molecule has 1 aromatic heterocycles. The van der Waals surface area contributed by atoms with E-state index in [0.29, 0.717) is 12.5 Å². The average molecular weight is 264 g/mol. The van der Waals surface area contributed by atoms with Crippen LogP contribution in [0.5, 0.6) is 0 Å². The average Bonchev–Trinajstić information content (AvgIpc) is 2.77. The van der Waals surface area contributed by atoms with Crippen molar-refractivity contribution >= 4 is 5.91 Å². The Balaban J connectivity index is 2.00. The summed E-state index contributed by atoms with van der Waals surface area (Å²) in [5.41, 5.74) is 6.11. The van der Waals surface area contributed by atoms with Gasteiger partial charge in [-0.2, -0.15) is 0 Å². The van der Waals surface area contributed by atoms with Crippen LogP contribution in [0, 0.1) is 11.8 Å². The molecule has 19 heavy (non-hydrogen) atoms. The molecule has 0 radical (unpaired) electrons. The number of nitrogens with zero attached hydrogens (tertiary/aromatic N) is 3. The largest absolute Gasteiger partial charge is 0.338 e. The highest BCUT2D eigenvalue weighted by Gasteiger charge is 2.33. The summed E-state index contributed by atoms with van der Waals surface area (Å²) < 4.78 is 1.94. The minimum atomic E-state index is -0.0333. The fourth-order valence-corrected chi connectivity index (χ4v) is 2.81. The number of hydrogen-bond acceptors (Lipinski definition) is 3. The maximum Gasteiger partial charge on any atom is 0.227 e. The van der Waals surface area contributed by atoms with Crippen molar-refractivity contribution in [3.05, 3.63) is 18.2 Å². The third-order valence-corrected chi connectivity index (χ3v) is 4.16.